The van der Waals surface area contributed by atoms with Crippen molar-refractivity contribution in [2.75, 3.05) is 6.61 Å². The summed E-state index contributed by atoms with van der Waals surface area (Å²) in [5.41, 5.74) is 1.62. The molecule has 1 heterocycles. The van der Waals surface area contributed by atoms with Crippen LogP contribution in [0, 0.1) is 11.3 Å². The number of hydrogen-bond donors (Lipinski definition) is 0. The Balaban J connectivity index is 2.25. The van der Waals surface area contributed by atoms with Crippen LogP contribution in [0.2, 0.25) is 0 Å². The van der Waals surface area contributed by atoms with E-state index in [2.05, 4.69) is 19.9 Å². The zero-order valence-electron chi connectivity index (χ0n) is 8.30. The van der Waals surface area contributed by atoms with Gasteiger partial charge >= 0.3 is 5.97 Å². The molecule has 1 aliphatic carbocycles. The van der Waals surface area contributed by atoms with E-state index >= 15 is 0 Å². The summed E-state index contributed by atoms with van der Waals surface area (Å²) in [4.78, 5) is 11.2. The average molecular weight is 180 g/mol. The second-order valence-electron chi connectivity index (χ2n) is 4.72. The fraction of sp³-hybridized carbons (Fsp3) is 0.727. The Morgan fingerprint density at radius 2 is 2.31 bits per heavy atom. The van der Waals surface area contributed by atoms with Crippen molar-refractivity contribution < 1.29 is 9.53 Å². The predicted molar refractivity (Wildman–Crippen MR) is 50.2 cm³/mol. The lowest BCUT2D eigenvalue weighted by Gasteiger charge is -2.41. The first-order valence-electron chi connectivity index (χ1n) is 4.94. The Morgan fingerprint density at radius 3 is 3.08 bits per heavy atom. The third-order valence-electron chi connectivity index (χ3n) is 3.36. The molecule has 0 aromatic heterocycles. The van der Waals surface area contributed by atoms with Gasteiger partial charge in [-0.1, -0.05) is 19.9 Å². The van der Waals surface area contributed by atoms with Crippen molar-refractivity contribution in [2.24, 2.45) is 11.3 Å². The van der Waals surface area contributed by atoms with E-state index in [9.17, 15) is 4.79 Å². The molecule has 0 saturated carbocycles. The smallest absolute Gasteiger partial charge is 0.306 e. The molecule has 1 aliphatic heterocycles. The summed E-state index contributed by atoms with van der Waals surface area (Å²) in [5, 5.41) is 0. The Labute approximate surface area is 79.0 Å². The standard InChI is InChI=1S/C11H16O2/c1-11(2)5-3-4-8-7-13-10(12)6-9(8)11/h4,9H,3,5-7H2,1-2H3/t9-/m1/s1. The van der Waals surface area contributed by atoms with Gasteiger partial charge in [0, 0.05) is 0 Å². The predicted octanol–water partition coefficient (Wildman–Crippen LogP) is 2.30. The van der Waals surface area contributed by atoms with Crippen LogP contribution in [0.25, 0.3) is 0 Å². The third kappa shape index (κ3) is 1.50. The van der Waals surface area contributed by atoms with Crippen LogP contribution in [0.4, 0.5) is 0 Å². The quantitative estimate of drug-likeness (QED) is 0.422. The van der Waals surface area contributed by atoms with E-state index in [1.165, 1.54) is 12.0 Å². The summed E-state index contributed by atoms with van der Waals surface area (Å²) in [6.45, 7) is 5.04. The Bertz CT molecular complexity index is 263. The molecule has 0 spiro atoms. The van der Waals surface area contributed by atoms with Crippen molar-refractivity contribution in [2.45, 2.75) is 33.1 Å². The molecule has 2 rings (SSSR count). The monoisotopic (exact) mass is 180 g/mol. The van der Waals surface area contributed by atoms with Crippen molar-refractivity contribution in [1.82, 2.24) is 0 Å². The van der Waals surface area contributed by atoms with E-state index in [1.54, 1.807) is 0 Å². The number of carbonyl (C=O) groups is 1. The van der Waals surface area contributed by atoms with E-state index in [1.807, 2.05) is 0 Å². The maximum atomic E-state index is 11.2. The summed E-state index contributed by atoms with van der Waals surface area (Å²) in [6.07, 6.45) is 5.16. The van der Waals surface area contributed by atoms with Crippen molar-refractivity contribution >= 4 is 5.97 Å². The van der Waals surface area contributed by atoms with Gasteiger partial charge in [0.05, 0.1) is 6.42 Å². The highest BCUT2D eigenvalue weighted by Crippen LogP contribution is 2.44. The number of carbonyl (C=O) groups excluding carboxylic acids is 1. The molecule has 0 aromatic carbocycles. The summed E-state index contributed by atoms with van der Waals surface area (Å²) in [7, 11) is 0. The number of hydrogen-bond acceptors (Lipinski definition) is 2. The molecule has 1 fully saturated rings. The molecule has 2 heteroatoms. The van der Waals surface area contributed by atoms with Crippen LogP contribution in [0.3, 0.4) is 0 Å². The number of cyclic esters (lactones) is 1. The molecule has 2 aliphatic rings. The van der Waals surface area contributed by atoms with Crippen LogP contribution >= 0.6 is 0 Å². The molecule has 0 amide bonds. The summed E-state index contributed by atoms with van der Waals surface area (Å²) in [5.74, 6) is 0.402. The Hall–Kier alpha value is -0.790. The SMILES string of the molecule is CC1(C)CCC=C2COC(=O)C[C@H]21. The molecular weight excluding hydrogens is 164 g/mol. The number of ether oxygens (including phenoxy) is 1. The van der Waals surface area contributed by atoms with Crippen molar-refractivity contribution in [3.8, 4) is 0 Å². The minimum atomic E-state index is -0.0304. The first kappa shape index (κ1) is 8.79. The average Bonchev–Trinajstić information content (AvgIpc) is 2.06. The molecule has 0 aromatic rings. The van der Waals surface area contributed by atoms with Crippen LogP contribution < -0.4 is 0 Å². The summed E-state index contributed by atoms with van der Waals surface area (Å²) >= 11 is 0. The van der Waals surface area contributed by atoms with Crippen molar-refractivity contribution in [3.63, 3.8) is 0 Å². The normalized spacial score (nSPS) is 31.7. The lowest BCUT2D eigenvalue weighted by molar-refractivity contribution is -0.148. The maximum Gasteiger partial charge on any atom is 0.306 e. The molecule has 72 valence electrons. The lowest BCUT2D eigenvalue weighted by Crippen LogP contribution is -2.36. The highest BCUT2D eigenvalue weighted by Gasteiger charge is 2.38. The van der Waals surface area contributed by atoms with Gasteiger partial charge < -0.3 is 4.74 Å². The van der Waals surface area contributed by atoms with Crippen LogP contribution in [0.1, 0.15) is 33.1 Å². The molecule has 0 unspecified atom stereocenters. The van der Waals surface area contributed by atoms with E-state index in [0.29, 0.717) is 18.9 Å². The summed E-state index contributed by atoms with van der Waals surface area (Å²) in [6, 6.07) is 0. The van der Waals surface area contributed by atoms with Crippen LogP contribution in [0.5, 0.6) is 0 Å². The van der Waals surface area contributed by atoms with Crippen molar-refractivity contribution in [1.29, 1.82) is 0 Å². The third-order valence-corrected chi connectivity index (χ3v) is 3.36. The fourth-order valence-electron chi connectivity index (χ4n) is 2.40. The van der Waals surface area contributed by atoms with Gasteiger partial charge in [0.15, 0.2) is 0 Å². The van der Waals surface area contributed by atoms with Crippen molar-refractivity contribution in [3.05, 3.63) is 11.6 Å². The first-order valence-corrected chi connectivity index (χ1v) is 4.94. The highest BCUT2D eigenvalue weighted by atomic mass is 16.5. The van der Waals surface area contributed by atoms with E-state index in [4.69, 9.17) is 4.74 Å². The largest absolute Gasteiger partial charge is 0.461 e. The maximum absolute atomic E-state index is 11.2. The molecule has 1 saturated heterocycles. The molecule has 0 bridgehead atoms. The Kier molecular flexibility index (Phi) is 1.94. The van der Waals surface area contributed by atoms with Crippen LogP contribution in [0.15, 0.2) is 11.6 Å². The topological polar surface area (TPSA) is 26.3 Å². The molecule has 0 N–H and O–H groups in total. The highest BCUT2D eigenvalue weighted by molar-refractivity contribution is 5.72. The zero-order valence-corrected chi connectivity index (χ0v) is 8.30. The Morgan fingerprint density at radius 1 is 1.54 bits per heavy atom. The molecular formula is C11H16O2. The molecule has 13 heavy (non-hydrogen) atoms. The summed E-state index contributed by atoms with van der Waals surface area (Å²) < 4.78 is 5.03. The van der Waals surface area contributed by atoms with Gasteiger partial charge in [0.1, 0.15) is 6.61 Å². The van der Waals surface area contributed by atoms with E-state index in [0.717, 1.165) is 6.42 Å². The minimum absolute atomic E-state index is 0.0304. The van der Waals surface area contributed by atoms with Gasteiger partial charge in [-0.05, 0) is 29.7 Å². The minimum Gasteiger partial charge on any atom is -0.461 e. The zero-order chi connectivity index (χ0) is 9.47. The lowest BCUT2D eigenvalue weighted by atomic mass is 9.66. The molecule has 0 radical (unpaired) electrons. The number of allylic oxidation sites excluding steroid dienone is 1. The molecule has 1 atom stereocenters. The second kappa shape index (κ2) is 2.86. The van der Waals surface area contributed by atoms with E-state index in [-0.39, 0.29) is 11.4 Å². The second-order valence-corrected chi connectivity index (χ2v) is 4.72. The number of esters is 1. The van der Waals surface area contributed by atoms with Crippen LogP contribution in [-0.2, 0) is 9.53 Å². The van der Waals surface area contributed by atoms with Gasteiger partial charge in [-0.3, -0.25) is 4.79 Å². The van der Waals surface area contributed by atoms with Crippen LogP contribution in [-0.4, -0.2) is 12.6 Å². The fourth-order valence-corrected chi connectivity index (χ4v) is 2.40. The first-order chi connectivity index (χ1) is 6.09. The number of rotatable bonds is 0. The van der Waals surface area contributed by atoms with Gasteiger partial charge in [-0.25, -0.2) is 0 Å². The molecule has 2 nitrogen and oxygen atoms in total. The van der Waals surface area contributed by atoms with E-state index < -0.39 is 0 Å². The van der Waals surface area contributed by atoms with Gasteiger partial charge in [-0.15, -0.1) is 0 Å². The van der Waals surface area contributed by atoms with Gasteiger partial charge in [0.2, 0.25) is 0 Å². The number of fused-ring (bicyclic) bond motifs is 1. The van der Waals surface area contributed by atoms with Gasteiger partial charge in [-0.2, -0.15) is 0 Å². The van der Waals surface area contributed by atoms with Gasteiger partial charge in [0.25, 0.3) is 0 Å².